The molecule has 2 nitrogen and oxygen atoms in total. The van der Waals surface area contributed by atoms with Gasteiger partial charge in [-0.2, -0.15) is 0 Å². The summed E-state index contributed by atoms with van der Waals surface area (Å²) in [5, 5.41) is 10.8. The maximum absolute atomic E-state index is 10.8. The number of hydrogen-bond donors (Lipinski definition) is 2. The monoisotopic (exact) mass is 325 g/mol. The Hall–Kier alpha value is -0.380. The van der Waals surface area contributed by atoms with E-state index in [-0.39, 0.29) is 5.41 Å². The van der Waals surface area contributed by atoms with Crippen molar-refractivity contribution in [3.63, 3.8) is 0 Å². The molecule has 0 heterocycles. The molecule has 2 rings (SSSR count). The maximum Gasteiger partial charge on any atom is 0.0858 e. The number of halogens is 1. The molecule has 1 saturated carbocycles. The smallest absolute Gasteiger partial charge is 0.0858 e. The van der Waals surface area contributed by atoms with Crippen LogP contribution < -0.4 is 5.73 Å². The van der Waals surface area contributed by atoms with Crippen molar-refractivity contribution < 1.29 is 5.11 Å². The average molecular weight is 326 g/mol. The first-order chi connectivity index (χ1) is 8.98. The number of rotatable bonds is 3. The predicted octanol–water partition coefficient (Wildman–Crippen LogP) is 3.95. The van der Waals surface area contributed by atoms with E-state index in [4.69, 9.17) is 5.73 Å². The van der Waals surface area contributed by atoms with Gasteiger partial charge in [0, 0.05) is 16.4 Å². The molecule has 1 aliphatic carbocycles. The Morgan fingerprint density at radius 2 is 2.26 bits per heavy atom. The highest BCUT2D eigenvalue weighted by Gasteiger charge is 2.40. The van der Waals surface area contributed by atoms with Gasteiger partial charge in [-0.25, -0.2) is 0 Å². The van der Waals surface area contributed by atoms with Crippen LogP contribution in [0.5, 0.6) is 0 Å². The molecule has 1 aromatic rings. The second kappa shape index (κ2) is 5.94. The fraction of sp³-hybridized carbons (Fsp3) is 0.625. The molecule has 0 bridgehead atoms. The highest BCUT2D eigenvalue weighted by atomic mass is 79.9. The largest absolute Gasteiger partial charge is 0.388 e. The van der Waals surface area contributed by atoms with Crippen molar-refractivity contribution in [2.24, 2.45) is 17.1 Å². The number of benzene rings is 1. The van der Waals surface area contributed by atoms with Gasteiger partial charge in [-0.15, -0.1) is 0 Å². The van der Waals surface area contributed by atoms with E-state index in [1.54, 1.807) is 0 Å². The molecule has 0 aliphatic heterocycles. The van der Waals surface area contributed by atoms with Crippen LogP contribution >= 0.6 is 15.9 Å². The first-order valence-electron chi connectivity index (χ1n) is 7.13. The summed E-state index contributed by atoms with van der Waals surface area (Å²) in [6, 6.07) is 6.11. The number of hydrogen-bond acceptors (Lipinski definition) is 2. The molecule has 3 unspecified atom stereocenters. The van der Waals surface area contributed by atoms with E-state index >= 15 is 0 Å². The van der Waals surface area contributed by atoms with Gasteiger partial charge in [0.25, 0.3) is 0 Å². The van der Waals surface area contributed by atoms with Gasteiger partial charge in [0.1, 0.15) is 0 Å². The van der Waals surface area contributed by atoms with Gasteiger partial charge in [0.15, 0.2) is 0 Å². The number of aryl methyl sites for hydroxylation is 1. The fourth-order valence-electron chi connectivity index (χ4n) is 3.44. The fourth-order valence-corrected chi connectivity index (χ4v) is 3.68. The van der Waals surface area contributed by atoms with E-state index in [1.807, 2.05) is 12.1 Å². The van der Waals surface area contributed by atoms with Crippen LogP contribution in [-0.4, -0.2) is 11.7 Å². The minimum atomic E-state index is -0.452. The third kappa shape index (κ3) is 3.04. The van der Waals surface area contributed by atoms with E-state index in [0.717, 1.165) is 28.4 Å². The minimum Gasteiger partial charge on any atom is -0.388 e. The maximum atomic E-state index is 10.8. The first-order valence-corrected chi connectivity index (χ1v) is 7.92. The van der Waals surface area contributed by atoms with Gasteiger partial charge in [0.2, 0.25) is 0 Å². The van der Waals surface area contributed by atoms with E-state index in [1.165, 1.54) is 12.8 Å². The third-order valence-corrected chi connectivity index (χ3v) is 5.50. The summed E-state index contributed by atoms with van der Waals surface area (Å²) in [6.07, 6.45) is 4.04. The normalized spacial score (nSPS) is 29.2. The molecule has 106 valence electrons. The minimum absolute atomic E-state index is 0.141. The van der Waals surface area contributed by atoms with Gasteiger partial charge in [-0.3, -0.25) is 0 Å². The third-order valence-electron chi connectivity index (χ3n) is 4.61. The van der Waals surface area contributed by atoms with Crippen LogP contribution in [0.15, 0.2) is 22.7 Å². The quantitative estimate of drug-likeness (QED) is 0.883. The van der Waals surface area contributed by atoms with Crippen molar-refractivity contribution in [2.45, 2.75) is 45.6 Å². The standard InChI is InChI=1S/C16H24BrNO/c1-11-4-3-7-16(9-11,10-18)15(19)13-5-6-14(17)12(2)8-13/h5-6,8,11,15,19H,3-4,7,9-10,18H2,1-2H3. The summed E-state index contributed by atoms with van der Waals surface area (Å²) in [4.78, 5) is 0. The second-order valence-corrected chi connectivity index (χ2v) is 7.03. The summed E-state index contributed by atoms with van der Waals surface area (Å²) in [7, 11) is 0. The van der Waals surface area contributed by atoms with Crippen molar-refractivity contribution in [2.75, 3.05) is 6.54 Å². The number of aliphatic hydroxyl groups excluding tert-OH is 1. The van der Waals surface area contributed by atoms with Crippen molar-refractivity contribution >= 4 is 15.9 Å². The molecule has 0 amide bonds. The van der Waals surface area contributed by atoms with Crippen LogP contribution in [0.4, 0.5) is 0 Å². The van der Waals surface area contributed by atoms with E-state index < -0.39 is 6.10 Å². The topological polar surface area (TPSA) is 46.2 Å². The van der Waals surface area contributed by atoms with Gasteiger partial charge < -0.3 is 10.8 Å². The summed E-state index contributed by atoms with van der Waals surface area (Å²) in [5.41, 5.74) is 8.06. The number of aliphatic hydroxyl groups is 1. The first kappa shape index (κ1) is 15.0. The van der Waals surface area contributed by atoms with Crippen molar-refractivity contribution in [1.29, 1.82) is 0 Å². The van der Waals surface area contributed by atoms with E-state index in [2.05, 4.69) is 35.8 Å². The Morgan fingerprint density at radius 1 is 1.53 bits per heavy atom. The molecular formula is C16H24BrNO. The van der Waals surface area contributed by atoms with Crippen LogP contribution in [0, 0.1) is 18.3 Å². The van der Waals surface area contributed by atoms with Crippen molar-refractivity contribution in [1.82, 2.24) is 0 Å². The molecule has 19 heavy (non-hydrogen) atoms. The molecule has 1 aromatic carbocycles. The Morgan fingerprint density at radius 3 is 2.84 bits per heavy atom. The lowest BCUT2D eigenvalue weighted by Crippen LogP contribution is -2.40. The Kier molecular flexibility index (Phi) is 4.70. The van der Waals surface area contributed by atoms with Gasteiger partial charge in [0.05, 0.1) is 6.10 Å². The Balaban J connectivity index is 2.29. The van der Waals surface area contributed by atoms with Gasteiger partial charge in [-0.1, -0.05) is 47.8 Å². The van der Waals surface area contributed by atoms with Crippen molar-refractivity contribution in [3.8, 4) is 0 Å². The van der Waals surface area contributed by atoms with Gasteiger partial charge in [-0.05, 0) is 42.9 Å². The van der Waals surface area contributed by atoms with Crippen LogP contribution in [0.2, 0.25) is 0 Å². The molecule has 0 spiro atoms. The molecule has 0 radical (unpaired) electrons. The molecule has 1 aliphatic rings. The zero-order chi connectivity index (χ0) is 14.0. The molecule has 0 saturated heterocycles. The molecule has 0 aromatic heterocycles. The summed E-state index contributed by atoms with van der Waals surface area (Å²) >= 11 is 3.51. The lowest BCUT2D eigenvalue weighted by Gasteiger charge is -2.43. The number of nitrogens with two attached hydrogens (primary N) is 1. The molecule has 3 atom stereocenters. The lowest BCUT2D eigenvalue weighted by atomic mass is 9.65. The summed E-state index contributed by atoms with van der Waals surface area (Å²) < 4.78 is 1.09. The summed E-state index contributed by atoms with van der Waals surface area (Å²) in [6.45, 7) is 4.88. The zero-order valence-electron chi connectivity index (χ0n) is 11.8. The van der Waals surface area contributed by atoms with Crippen LogP contribution in [-0.2, 0) is 0 Å². The molecular weight excluding hydrogens is 302 g/mol. The highest BCUT2D eigenvalue weighted by Crippen LogP contribution is 2.47. The van der Waals surface area contributed by atoms with Gasteiger partial charge >= 0.3 is 0 Å². The molecule has 3 N–H and O–H groups in total. The lowest BCUT2D eigenvalue weighted by molar-refractivity contribution is -0.0131. The molecule has 1 fully saturated rings. The van der Waals surface area contributed by atoms with Crippen LogP contribution in [0.25, 0.3) is 0 Å². The Bertz CT molecular complexity index is 448. The van der Waals surface area contributed by atoms with E-state index in [9.17, 15) is 5.11 Å². The van der Waals surface area contributed by atoms with E-state index in [0.29, 0.717) is 12.5 Å². The Labute approximate surface area is 124 Å². The van der Waals surface area contributed by atoms with Crippen molar-refractivity contribution in [3.05, 3.63) is 33.8 Å². The van der Waals surface area contributed by atoms with Crippen LogP contribution in [0.1, 0.15) is 49.8 Å². The average Bonchev–Trinajstić information content (AvgIpc) is 2.41. The van der Waals surface area contributed by atoms with Crippen LogP contribution in [0.3, 0.4) is 0 Å². The summed E-state index contributed by atoms with van der Waals surface area (Å²) in [5.74, 6) is 0.656. The zero-order valence-corrected chi connectivity index (χ0v) is 13.4. The highest BCUT2D eigenvalue weighted by molar-refractivity contribution is 9.10. The molecule has 3 heteroatoms. The second-order valence-electron chi connectivity index (χ2n) is 6.18. The predicted molar refractivity (Wildman–Crippen MR) is 83.0 cm³/mol. The SMILES string of the molecule is Cc1cc(C(O)C2(CN)CCCC(C)C2)ccc1Br.